The molecule has 1 N–H and O–H groups in total. The summed E-state index contributed by atoms with van der Waals surface area (Å²) in [6, 6.07) is 23.1. The average molecular weight is 386 g/mol. The molecule has 3 aromatic rings. The molecule has 3 aromatic carbocycles. The number of aliphatic hydroxyl groups excluding tert-OH is 1. The molecule has 0 spiro atoms. The molecular formula is C26H26O3. The molecule has 0 heterocycles. The predicted octanol–water partition coefficient (Wildman–Crippen LogP) is 5.14. The topological polar surface area (TPSA) is 46.5 Å². The van der Waals surface area contributed by atoms with E-state index in [1.807, 2.05) is 24.3 Å². The molecule has 0 unspecified atom stereocenters. The van der Waals surface area contributed by atoms with Crippen LogP contribution in [0.15, 0.2) is 79.4 Å². The molecule has 0 aliphatic carbocycles. The molecule has 148 valence electrons. The third kappa shape index (κ3) is 5.21. The van der Waals surface area contributed by atoms with Crippen LogP contribution in [-0.4, -0.2) is 24.3 Å². The zero-order valence-corrected chi connectivity index (χ0v) is 16.7. The maximum atomic E-state index is 11.4. The summed E-state index contributed by atoms with van der Waals surface area (Å²) in [7, 11) is 0. The highest BCUT2D eigenvalue weighted by atomic mass is 16.5. The number of esters is 1. The van der Waals surface area contributed by atoms with Crippen LogP contribution in [-0.2, 0) is 22.4 Å². The van der Waals surface area contributed by atoms with Gasteiger partial charge in [0.1, 0.15) is 0 Å². The van der Waals surface area contributed by atoms with Crippen molar-refractivity contribution in [1.82, 2.24) is 0 Å². The summed E-state index contributed by atoms with van der Waals surface area (Å²) in [5.74, 6) is -0.416. The van der Waals surface area contributed by atoms with Gasteiger partial charge in [0.25, 0.3) is 0 Å². The Morgan fingerprint density at radius 3 is 2.41 bits per heavy atom. The highest BCUT2D eigenvalue weighted by molar-refractivity contribution is 5.81. The molecule has 0 bridgehead atoms. The van der Waals surface area contributed by atoms with Crippen LogP contribution in [0.1, 0.15) is 16.7 Å². The number of carbonyl (C=O) groups excluding carboxylic acids is 1. The van der Waals surface area contributed by atoms with E-state index >= 15 is 0 Å². The van der Waals surface area contributed by atoms with Gasteiger partial charge in [-0.2, -0.15) is 0 Å². The molecule has 0 radical (unpaired) electrons. The first-order chi connectivity index (χ1) is 14.1. The van der Waals surface area contributed by atoms with Crippen molar-refractivity contribution in [3.63, 3.8) is 0 Å². The van der Waals surface area contributed by atoms with Crippen molar-refractivity contribution in [3.8, 4) is 22.3 Å². The average Bonchev–Trinajstić information content (AvgIpc) is 2.74. The van der Waals surface area contributed by atoms with E-state index in [0.29, 0.717) is 19.4 Å². The van der Waals surface area contributed by atoms with Crippen LogP contribution < -0.4 is 0 Å². The number of carbonyl (C=O) groups is 1. The van der Waals surface area contributed by atoms with Crippen LogP contribution >= 0.6 is 0 Å². The van der Waals surface area contributed by atoms with Crippen LogP contribution in [0, 0.1) is 6.92 Å². The molecule has 29 heavy (non-hydrogen) atoms. The summed E-state index contributed by atoms with van der Waals surface area (Å²) < 4.78 is 5.18. The number of aliphatic hydroxyl groups is 1. The Labute approximate surface area is 172 Å². The lowest BCUT2D eigenvalue weighted by Crippen LogP contribution is -2.06. The molecule has 0 aromatic heterocycles. The fraction of sp³-hybridized carbons (Fsp3) is 0.192. The Bertz CT molecular complexity index is 990. The molecule has 0 fully saturated rings. The maximum Gasteiger partial charge on any atom is 0.330 e. The number of rotatable bonds is 8. The van der Waals surface area contributed by atoms with E-state index in [0.717, 1.165) is 22.3 Å². The minimum absolute atomic E-state index is 0.106. The Morgan fingerprint density at radius 1 is 0.966 bits per heavy atom. The lowest BCUT2D eigenvalue weighted by Gasteiger charge is -2.14. The Hall–Kier alpha value is -3.17. The first kappa shape index (κ1) is 20.6. The van der Waals surface area contributed by atoms with Gasteiger partial charge in [-0.25, -0.2) is 4.79 Å². The fourth-order valence-corrected chi connectivity index (χ4v) is 3.51. The molecule has 3 nitrogen and oxygen atoms in total. The highest BCUT2D eigenvalue weighted by Crippen LogP contribution is 2.31. The molecule has 0 saturated heterocycles. The summed E-state index contributed by atoms with van der Waals surface area (Å²) in [6.07, 6.45) is 2.38. The van der Waals surface area contributed by atoms with Gasteiger partial charge in [0.05, 0.1) is 6.61 Å². The van der Waals surface area contributed by atoms with E-state index in [1.54, 1.807) is 0 Å². The molecule has 0 atom stereocenters. The van der Waals surface area contributed by atoms with Crippen molar-refractivity contribution >= 4 is 5.97 Å². The number of benzene rings is 3. The van der Waals surface area contributed by atoms with Crippen molar-refractivity contribution in [3.05, 3.63) is 96.1 Å². The number of ether oxygens (including phenoxy) is 1. The minimum atomic E-state index is -0.416. The van der Waals surface area contributed by atoms with Crippen LogP contribution in [0.5, 0.6) is 0 Å². The summed E-state index contributed by atoms with van der Waals surface area (Å²) >= 11 is 0. The van der Waals surface area contributed by atoms with Gasteiger partial charge in [-0.05, 0) is 52.3 Å². The van der Waals surface area contributed by atoms with Gasteiger partial charge in [-0.15, -0.1) is 0 Å². The molecule has 0 aliphatic rings. The van der Waals surface area contributed by atoms with E-state index in [2.05, 4.69) is 56.0 Å². The second-order valence-corrected chi connectivity index (χ2v) is 6.98. The zero-order valence-electron chi connectivity index (χ0n) is 16.7. The van der Waals surface area contributed by atoms with Gasteiger partial charge >= 0.3 is 5.97 Å². The summed E-state index contributed by atoms with van der Waals surface area (Å²) in [6.45, 7) is 5.95. The standard InChI is InChI=1S/C26H26O3/c1-3-26(28)29-16-14-23-18-20(13-15-27)9-11-25(23)22-10-12-24(19(2)17-22)21-7-5-4-6-8-21/h3-12,17-18,27H,1,13-16H2,2H3. The van der Waals surface area contributed by atoms with Crippen LogP contribution in [0.2, 0.25) is 0 Å². The monoisotopic (exact) mass is 386 g/mol. The number of aryl methyl sites for hydroxylation is 1. The zero-order chi connectivity index (χ0) is 20.6. The Balaban J connectivity index is 1.93. The molecule has 3 rings (SSSR count). The lowest BCUT2D eigenvalue weighted by molar-refractivity contribution is -0.137. The quantitative estimate of drug-likeness (QED) is 0.431. The van der Waals surface area contributed by atoms with Gasteiger partial charge < -0.3 is 9.84 Å². The van der Waals surface area contributed by atoms with Gasteiger partial charge in [0.2, 0.25) is 0 Å². The van der Waals surface area contributed by atoms with Crippen LogP contribution in [0.3, 0.4) is 0 Å². The first-order valence-corrected chi connectivity index (χ1v) is 9.80. The van der Waals surface area contributed by atoms with Gasteiger partial charge in [-0.1, -0.05) is 73.3 Å². The van der Waals surface area contributed by atoms with Crippen molar-refractivity contribution in [1.29, 1.82) is 0 Å². The third-order valence-electron chi connectivity index (χ3n) is 4.97. The lowest BCUT2D eigenvalue weighted by atomic mass is 9.91. The number of hydrogen-bond donors (Lipinski definition) is 1. The van der Waals surface area contributed by atoms with Gasteiger partial charge in [-0.3, -0.25) is 0 Å². The predicted molar refractivity (Wildman–Crippen MR) is 118 cm³/mol. The summed E-state index contributed by atoms with van der Waals surface area (Å²) in [4.78, 5) is 11.4. The SMILES string of the molecule is C=CC(=O)OCCc1cc(CCO)ccc1-c1ccc(-c2ccccc2)c(C)c1. The second kappa shape index (κ2) is 9.85. The molecule has 0 saturated carbocycles. The van der Waals surface area contributed by atoms with Crippen molar-refractivity contribution in [2.75, 3.05) is 13.2 Å². The largest absolute Gasteiger partial charge is 0.462 e. The van der Waals surface area contributed by atoms with Gasteiger partial charge in [0.15, 0.2) is 0 Å². The Morgan fingerprint density at radius 2 is 1.72 bits per heavy atom. The molecular weight excluding hydrogens is 360 g/mol. The maximum absolute atomic E-state index is 11.4. The third-order valence-corrected chi connectivity index (χ3v) is 4.97. The minimum Gasteiger partial charge on any atom is -0.462 e. The Kier molecular flexibility index (Phi) is 6.99. The van der Waals surface area contributed by atoms with Crippen molar-refractivity contribution in [2.45, 2.75) is 19.8 Å². The smallest absolute Gasteiger partial charge is 0.330 e. The number of hydrogen-bond acceptors (Lipinski definition) is 3. The van der Waals surface area contributed by atoms with Crippen molar-refractivity contribution in [2.24, 2.45) is 0 Å². The van der Waals surface area contributed by atoms with Gasteiger partial charge in [0, 0.05) is 19.1 Å². The van der Waals surface area contributed by atoms with E-state index in [9.17, 15) is 9.90 Å². The van der Waals surface area contributed by atoms with E-state index in [-0.39, 0.29) is 6.61 Å². The second-order valence-electron chi connectivity index (χ2n) is 6.98. The fourth-order valence-electron chi connectivity index (χ4n) is 3.51. The van der Waals surface area contributed by atoms with E-state index < -0.39 is 5.97 Å². The molecule has 3 heteroatoms. The summed E-state index contributed by atoms with van der Waals surface area (Å²) in [5.41, 5.74) is 8.03. The normalized spacial score (nSPS) is 10.6. The van der Waals surface area contributed by atoms with Crippen LogP contribution in [0.25, 0.3) is 22.3 Å². The first-order valence-electron chi connectivity index (χ1n) is 9.80. The van der Waals surface area contributed by atoms with E-state index in [1.165, 1.54) is 22.8 Å². The van der Waals surface area contributed by atoms with E-state index in [4.69, 9.17) is 4.74 Å². The highest BCUT2D eigenvalue weighted by Gasteiger charge is 2.10. The summed E-state index contributed by atoms with van der Waals surface area (Å²) in [5, 5.41) is 9.27. The van der Waals surface area contributed by atoms with Crippen molar-refractivity contribution < 1.29 is 14.6 Å². The molecule has 0 aliphatic heterocycles. The van der Waals surface area contributed by atoms with Crippen LogP contribution in [0.4, 0.5) is 0 Å². The molecule has 0 amide bonds.